The minimum atomic E-state index is 0.803. The van der Waals surface area contributed by atoms with Gasteiger partial charge in [-0.1, -0.05) is 12.1 Å². The maximum Gasteiger partial charge on any atom is 0.121 e. The molecule has 0 saturated carbocycles. The summed E-state index contributed by atoms with van der Waals surface area (Å²) in [7, 11) is 1.70. The van der Waals surface area contributed by atoms with Gasteiger partial charge in [-0.15, -0.1) is 0 Å². The largest absolute Gasteiger partial charge is 0.496 e. The number of benzene rings is 1. The topological polar surface area (TPSA) is 30.5 Å². The molecule has 1 rings (SSSR count). The van der Waals surface area contributed by atoms with E-state index in [9.17, 15) is 0 Å². The second kappa shape index (κ2) is 8.09. The van der Waals surface area contributed by atoms with Gasteiger partial charge in [-0.2, -0.15) is 0 Å². The fourth-order valence-corrected chi connectivity index (χ4v) is 1.73. The molecule has 96 valence electrons. The van der Waals surface area contributed by atoms with E-state index >= 15 is 0 Å². The Kier molecular flexibility index (Phi) is 6.67. The van der Waals surface area contributed by atoms with Crippen LogP contribution >= 0.6 is 0 Å². The lowest BCUT2D eigenvalue weighted by molar-refractivity contribution is 0.144. The Morgan fingerprint density at radius 1 is 1.29 bits per heavy atom. The van der Waals surface area contributed by atoms with Crippen molar-refractivity contribution in [1.29, 1.82) is 0 Å². The van der Waals surface area contributed by atoms with E-state index in [4.69, 9.17) is 9.47 Å². The first-order valence-electron chi connectivity index (χ1n) is 6.20. The lowest BCUT2D eigenvalue weighted by atomic mass is 10.1. The van der Waals surface area contributed by atoms with E-state index < -0.39 is 0 Å². The summed E-state index contributed by atoms with van der Waals surface area (Å²) >= 11 is 0. The summed E-state index contributed by atoms with van der Waals surface area (Å²) in [5, 5.41) is 3.40. The van der Waals surface area contributed by atoms with E-state index in [1.165, 1.54) is 11.1 Å². The van der Waals surface area contributed by atoms with Crippen molar-refractivity contribution in [2.45, 2.75) is 26.8 Å². The van der Waals surface area contributed by atoms with Gasteiger partial charge >= 0.3 is 0 Å². The zero-order valence-electron chi connectivity index (χ0n) is 11.1. The molecule has 0 spiro atoms. The van der Waals surface area contributed by atoms with Crippen molar-refractivity contribution in [1.82, 2.24) is 5.32 Å². The third-order valence-electron chi connectivity index (χ3n) is 2.63. The summed E-state index contributed by atoms with van der Waals surface area (Å²) in [4.78, 5) is 0. The predicted molar refractivity (Wildman–Crippen MR) is 70.5 cm³/mol. The van der Waals surface area contributed by atoms with Crippen LogP contribution in [0.2, 0.25) is 0 Å². The number of methoxy groups -OCH3 is 1. The fourth-order valence-electron chi connectivity index (χ4n) is 1.73. The zero-order valence-corrected chi connectivity index (χ0v) is 11.1. The van der Waals surface area contributed by atoms with Crippen molar-refractivity contribution in [2.75, 3.05) is 26.9 Å². The highest BCUT2D eigenvalue weighted by atomic mass is 16.5. The van der Waals surface area contributed by atoms with Gasteiger partial charge in [0.2, 0.25) is 0 Å². The van der Waals surface area contributed by atoms with Crippen molar-refractivity contribution in [3.05, 3.63) is 29.3 Å². The Bertz CT molecular complexity index is 326. The summed E-state index contributed by atoms with van der Waals surface area (Å²) in [6.07, 6.45) is 1.06. The lowest BCUT2D eigenvalue weighted by Gasteiger charge is -2.08. The second-order valence-electron chi connectivity index (χ2n) is 4.03. The van der Waals surface area contributed by atoms with Gasteiger partial charge in [-0.25, -0.2) is 0 Å². The number of hydrogen-bond acceptors (Lipinski definition) is 3. The molecule has 0 bridgehead atoms. The van der Waals surface area contributed by atoms with Crippen LogP contribution in [-0.2, 0) is 11.3 Å². The van der Waals surface area contributed by atoms with Gasteiger partial charge in [0.05, 0.1) is 7.11 Å². The molecule has 0 atom stereocenters. The van der Waals surface area contributed by atoms with Crippen LogP contribution in [0.15, 0.2) is 18.2 Å². The van der Waals surface area contributed by atoms with Crippen LogP contribution in [0, 0.1) is 6.92 Å². The van der Waals surface area contributed by atoms with Gasteiger partial charge in [-0.3, -0.25) is 0 Å². The van der Waals surface area contributed by atoms with E-state index in [2.05, 4.69) is 24.4 Å². The third kappa shape index (κ3) is 5.20. The molecule has 0 aliphatic heterocycles. The molecule has 0 unspecified atom stereocenters. The molecule has 0 heterocycles. The van der Waals surface area contributed by atoms with Crippen molar-refractivity contribution >= 4 is 0 Å². The molecule has 0 radical (unpaired) electrons. The summed E-state index contributed by atoms with van der Waals surface area (Å²) < 4.78 is 10.5. The number of hydrogen-bond donors (Lipinski definition) is 1. The molecule has 1 N–H and O–H groups in total. The Balaban J connectivity index is 2.25. The maximum atomic E-state index is 5.28. The van der Waals surface area contributed by atoms with E-state index in [1.54, 1.807) is 7.11 Å². The van der Waals surface area contributed by atoms with Crippen LogP contribution in [0.5, 0.6) is 5.75 Å². The first kappa shape index (κ1) is 14.0. The molecular formula is C14H23NO2. The van der Waals surface area contributed by atoms with Crippen molar-refractivity contribution in [3.63, 3.8) is 0 Å². The fraction of sp³-hybridized carbons (Fsp3) is 0.571. The van der Waals surface area contributed by atoms with E-state index in [1.807, 2.05) is 13.0 Å². The molecule has 1 aromatic rings. The smallest absolute Gasteiger partial charge is 0.121 e. The Labute approximate surface area is 104 Å². The van der Waals surface area contributed by atoms with E-state index in [0.29, 0.717) is 0 Å². The normalized spacial score (nSPS) is 10.5. The van der Waals surface area contributed by atoms with Gasteiger partial charge in [0.25, 0.3) is 0 Å². The van der Waals surface area contributed by atoms with Crippen molar-refractivity contribution in [3.8, 4) is 5.75 Å². The van der Waals surface area contributed by atoms with Crippen LogP contribution in [0.4, 0.5) is 0 Å². The van der Waals surface area contributed by atoms with Gasteiger partial charge < -0.3 is 14.8 Å². The quantitative estimate of drug-likeness (QED) is 0.705. The summed E-state index contributed by atoms with van der Waals surface area (Å²) in [6, 6.07) is 6.28. The average Bonchev–Trinajstić information content (AvgIpc) is 2.34. The van der Waals surface area contributed by atoms with E-state index in [0.717, 1.165) is 38.5 Å². The van der Waals surface area contributed by atoms with Crippen molar-refractivity contribution < 1.29 is 9.47 Å². The van der Waals surface area contributed by atoms with Crippen LogP contribution in [0.3, 0.4) is 0 Å². The Morgan fingerprint density at radius 2 is 2.12 bits per heavy atom. The van der Waals surface area contributed by atoms with Crippen LogP contribution < -0.4 is 10.1 Å². The molecule has 3 nitrogen and oxygen atoms in total. The molecule has 0 aliphatic rings. The van der Waals surface area contributed by atoms with Crippen LogP contribution in [0.1, 0.15) is 24.5 Å². The van der Waals surface area contributed by atoms with E-state index in [-0.39, 0.29) is 0 Å². The molecule has 0 fully saturated rings. The molecule has 0 saturated heterocycles. The molecule has 3 heteroatoms. The van der Waals surface area contributed by atoms with Gasteiger partial charge in [0, 0.05) is 19.8 Å². The first-order valence-corrected chi connectivity index (χ1v) is 6.20. The Morgan fingerprint density at radius 3 is 2.76 bits per heavy atom. The van der Waals surface area contributed by atoms with Gasteiger partial charge in [-0.05, 0) is 44.0 Å². The molecule has 0 aromatic heterocycles. The van der Waals surface area contributed by atoms with Crippen LogP contribution in [0.25, 0.3) is 0 Å². The highest BCUT2D eigenvalue weighted by molar-refractivity contribution is 5.36. The number of ether oxygens (including phenoxy) is 2. The SMILES string of the molecule is CCOCCCNCc1ccc(OC)c(C)c1. The number of nitrogens with one attached hydrogen (secondary N) is 1. The maximum absolute atomic E-state index is 5.28. The minimum Gasteiger partial charge on any atom is -0.496 e. The highest BCUT2D eigenvalue weighted by Gasteiger charge is 1.99. The number of rotatable bonds is 8. The van der Waals surface area contributed by atoms with Gasteiger partial charge in [0.1, 0.15) is 5.75 Å². The molecule has 0 amide bonds. The second-order valence-corrected chi connectivity index (χ2v) is 4.03. The van der Waals surface area contributed by atoms with Gasteiger partial charge in [0.15, 0.2) is 0 Å². The standard InChI is InChI=1S/C14H23NO2/c1-4-17-9-5-8-15-11-13-6-7-14(16-3)12(2)10-13/h6-7,10,15H,4-5,8-9,11H2,1-3H3. The lowest BCUT2D eigenvalue weighted by Crippen LogP contribution is -2.16. The molecular weight excluding hydrogens is 214 g/mol. The minimum absolute atomic E-state index is 0.803. The monoisotopic (exact) mass is 237 g/mol. The summed E-state index contributed by atoms with van der Waals surface area (Å²) in [6.45, 7) is 7.62. The Hall–Kier alpha value is -1.06. The predicted octanol–water partition coefficient (Wildman–Crippen LogP) is 2.52. The third-order valence-corrected chi connectivity index (χ3v) is 2.63. The van der Waals surface area contributed by atoms with Crippen LogP contribution in [-0.4, -0.2) is 26.9 Å². The highest BCUT2D eigenvalue weighted by Crippen LogP contribution is 2.18. The summed E-state index contributed by atoms with van der Waals surface area (Å²) in [5.74, 6) is 0.949. The molecule has 17 heavy (non-hydrogen) atoms. The molecule has 0 aliphatic carbocycles. The van der Waals surface area contributed by atoms with Crippen molar-refractivity contribution in [2.24, 2.45) is 0 Å². The first-order chi connectivity index (χ1) is 8.27. The molecule has 1 aromatic carbocycles. The average molecular weight is 237 g/mol. The number of aryl methyl sites for hydroxylation is 1. The summed E-state index contributed by atoms with van der Waals surface area (Å²) in [5.41, 5.74) is 2.47. The zero-order chi connectivity index (χ0) is 12.5.